The Morgan fingerprint density at radius 3 is 2.65 bits per heavy atom. The second kappa shape index (κ2) is 4.86. The highest BCUT2D eigenvalue weighted by atomic mass is 16.1. The number of aryl methyl sites for hydroxylation is 1. The van der Waals surface area contributed by atoms with E-state index in [1.807, 2.05) is 37.3 Å². The van der Waals surface area contributed by atoms with E-state index in [9.17, 15) is 4.79 Å². The van der Waals surface area contributed by atoms with Crippen LogP contribution in [0.25, 0.3) is 0 Å². The van der Waals surface area contributed by atoms with E-state index in [1.165, 1.54) is 4.80 Å². The molecule has 1 aromatic carbocycles. The molecule has 2 aromatic rings. The first-order chi connectivity index (χ1) is 8.16. The molecule has 17 heavy (non-hydrogen) atoms. The standard InChI is InChI=1S/C12H14N4O/c1-9(10-6-4-3-5-7-10)11(17)8-12-13-15-16(2)14-12/h3-7,9H,8H2,1-2H3. The van der Waals surface area contributed by atoms with Gasteiger partial charge in [0.25, 0.3) is 0 Å². The molecule has 0 aliphatic rings. The number of hydrogen-bond donors (Lipinski definition) is 0. The van der Waals surface area contributed by atoms with Crippen LogP contribution in [0.3, 0.4) is 0 Å². The Bertz CT molecular complexity index is 506. The van der Waals surface area contributed by atoms with Gasteiger partial charge in [0, 0.05) is 5.92 Å². The zero-order valence-electron chi connectivity index (χ0n) is 9.87. The lowest BCUT2D eigenvalue weighted by Crippen LogP contribution is -2.13. The molecule has 1 aromatic heterocycles. The van der Waals surface area contributed by atoms with Gasteiger partial charge in [0.1, 0.15) is 5.78 Å². The van der Waals surface area contributed by atoms with Crippen molar-refractivity contribution in [2.24, 2.45) is 7.05 Å². The first kappa shape index (κ1) is 11.4. The molecule has 0 N–H and O–H groups in total. The van der Waals surface area contributed by atoms with Crippen LogP contribution >= 0.6 is 0 Å². The van der Waals surface area contributed by atoms with Gasteiger partial charge in [0.15, 0.2) is 5.82 Å². The number of tetrazole rings is 1. The highest BCUT2D eigenvalue weighted by Crippen LogP contribution is 2.16. The average molecular weight is 230 g/mol. The predicted molar refractivity (Wildman–Crippen MR) is 62.4 cm³/mol. The van der Waals surface area contributed by atoms with Crippen molar-refractivity contribution in [2.75, 3.05) is 0 Å². The number of ketones is 1. The van der Waals surface area contributed by atoms with Crippen molar-refractivity contribution in [3.05, 3.63) is 41.7 Å². The van der Waals surface area contributed by atoms with Crippen LogP contribution in [-0.4, -0.2) is 26.0 Å². The largest absolute Gasteiger partial charge is 0.299 e. The molecule has 0 saturated heterocycles. The third-order valence-corrected chi connectivity index (χ3v) is 2.66. The fourth-order valence-corrected chi connectivity index (χ4v) is 1.63. The molecule has 0 amide bonds. The lowest BCUT2D eigenvalue weighted by atomic mass is 9.95. The van der Waals surface area contributed by atoms with E-state index >= 15 is 0 Å². The first-order valence-electron chi connectivity index (χ1n) is 5.47. The summed E-state index contributed by atoms with van der Waals surface area (Å²) in [5.74, 6) is 0.435. The minimum absolute atomic E-state index is 0.101. The predicted octanol–water partition coefficient (Wildman–Crippen LogP) is 1.13. The van der Waals surface area contributed by atoms with E-state index in [0.717, 1.165) is 5.56 Å². The van der Waals surface area contributed by atoms with Crippen LogP contribution in [-0.2, 0) is 18.3 Å². The summed E-state index contributed by atoms with van der Waals surface area (Å²) in [6, 6.07) is 9.70. The van der Waals surface area contributed by atoms with Crippen LogP contribution in [0.15, 0.2) is 30.3 Å². The molecule has 5 nitrogen and oxygen atoms in total. The molecule has 1 heterocycles. The fourth-order valence-electron chi connectivity index (χ4n) is 1.63. The Balaban J connectivity index is 2.06. The number of rotatable bonds is 4. The summed E-state index contributed by atoms with van der Waals surface area (Å²) in [6.07, 6.45) is 0.226. The Labute approximate surface area is 99.5 Å². The Kier molecular flexibility index (Phi) is 3.27. The molecule has 1 unspecified atom stereocenters. The summed E-state index contributed by atoms with van der Waals surface area (Å²) >= 11 is 0. The monoisotopic (exact) mass is 230 g/mol. The molecule has 0 saturated carbocycles. The van der Waals surface area contributed by atoms with E-state index in [-0.39, 0.29) is 18.1 Å². The van der Waals surface area contributed by atoms with Gasteiger partial charge in [-0.2, -0.15) is 4.80 Å². The van der Waals surface area contributed by atoms with Crippen molar-refractivity contribution >= 4 is 5.78 Å². The van der Waals surface area contributed by atoms with E-state index < -0.39 is 0 Å². The van der Waals surface area contributed by atoms with Crippen molar-refractivity contribution in [3.8, 4) is 0 Å². The highest BCUT2D eigenvalue weighted by molar-refractivity contribution is 5.86. The zero-order chi connectivity index (χ0) is 12.3. The number of benzene rings is 1. The van der Waals surface area contributed by atoms with E-state index in [1.54, 1.807) is 7.05 Å². The smallest absolute Gasteiger partial charge is 0.182 e. The maximum Gasteiger partial charge on any atom is 0.182 e. The normalized spacial score (nSPS) is 12.4. The number of hydrogen-bond acceptors (Lipinski definition) is 4. The number of aromatic nitrogens is 4. The van der Waals surface area contributed by atoms with Gasteiger partial charge in [-0.05, 0) is 10.8 Å². The lowest BCUT2D eigenvalue weighted by Gasteiger charge is -2.08. The summed E-state index contributed by atoms with van der Waals surface area (Å²) in [5.41, 5.74) is 1.02. The third kappa shape index (κ3) is 2.75. The molecule has 88 valence electrons. The van der Waals surface area contributed by atoms with Crippen LogP contribution in [0.5, 0.6) is 0 Å². The van der Waals surface area contributed by atoms with E-state index in [2.05, 4.69) is 15.4 Å². The molecule has 0 bridgehead atoms. The molecule has 0 aliphatic carbocycles. The van der Waals surface area contributed by atoms with Crippen molar-refractivity contribution in [3.63, 3.8) is 0 Å². The second-order valence-electron chi connectivity index (χ2n) is 3.97. The van der Waals surface area contributed by atoms with Crippen molar-refractivity contribution in [1.29, 1.82) is 0 Å². The van der Waals surface area contributed by atoms with Crippen molar-refractivity contribution in [1.82, 2.24) is 20.2 Å². The van der Waals surface area contributed by atoms with Crippen LogP contribution in [0.4, 0.5) is 0 Å². The van der Waals surface area contributed by atoms with E-state index in [0.29, 0.717) is 5.82 Å². The van der Waals surface area contributed by atoms with Gasteiger partial charge in [0.2, 0.25) is 0 Å². The first-order valence-corrected chi connectivity index (χ1v) is 5.47. The molecule has 0 radical (unpaired) electrons. The second-order valence-corrected chi connectivity index (χ2v) is 3.97. The minimum Gasteiger partial charge on any atom is -0.299 e. The summed E-state index contributed by atoms with van der Waals surface area (Å²) in [4.78, 5) is 13.4. The number of carbonyl (C=O) groups excluding carboxylic acids is 1. The van der Waals surface area contributed by atoms with Crippen molar-refractivity contribution < 1.29 is 4.79 Å². The lowest BCUT2D eigenvalue weighted by molar-refractivity contribution is -0.119. The van der Waals surface area contributed by atoms with Crippen LogP contribution in [0.2, 0.25) is 0 Å². The topological polar surface area (TPSA) is 60.7 Å². The average Bonchev–Trinajstić information content (AvgIpc) is 2.75. The molecule has 2 rings (SSSR count). The highest BCUT2D eigenvalue weighted by Gasteiger charge is 2.17. The van der Waals surface area contributed by atoms with Gasteiger partial charge in [-0.25, -0.2) is 0 Å². The summed E-state index contributed by atoms with van der Waals surface area (Å²) < 4.78 is 0. The maximum atomic E-state index is 12.0. The molecule has 0 aliphatic heterocycles. The number of Topliss-reactive ketones (excluding diaryl/α,β-unsaturated/α-hetero) is 1. The minimum atomic E-state index is -0.139. The van der Waals surface area contributed by atoms with E-state index in [4.69, 9.17) is 0 Å². The molecule has 0 fully saturated rings. The van der Waals surface area contributed by atoms with Crippen LogP contribution in [0, 0.1) is 0 Å². The molecule has 5 heteroatoms. The number of carbonyl (C=O) groups is 1. The maximum absolute atomic E-state index is 12.0. The van der Waals surface area contributed by atoms with Gasteiger partial charge in [0.05, 0.1) is 13.5 Å². The van der Waals surface area contributed by atoms with Crippen molar-refractivity contribution in [2.45, 2.75) is 19.3 Å². The Morgan fingerprint density at radius 2 is 2.06 bits per heavy atom. The van der Waals surface area contributed by atoms with Gasteiger partial charge in [-0.15, -0.1) is 10.2 Å². The quantitative estimate of drug-likeness (QED) is 0.789. The van der Waals surface area contributed by atoms with Crippen LogP contribution in [0.1, 0.15) is 24.2 Å². The third-order valence-electron chi connectivity index (χ3n) is 2.66. The number of nitrogens with zero attached hydrogens (tertiary/aromatic N) is 4. The summed E-state index contributed by atoms with van der Waals surface area (Å²) in [7, 11) is 1.68. The van der Waals surface area contributed by atoms with Crippen LogP contribution < -0.4 is 0 Å². The Hall–Kier alpha value is -2.04. The molecular formula is C12H14N4O. The fraction of sp³-hybridized carbons (Fsp3) is 0.333. The molecule has 1 atom stereocenters. The molecular weight excluding hydrogens is 216 g/mol. The van der Waals surface area contributed by atoms with Gasteiger partial charge >= 0.3 is 0 Å². The van der Waals surface area contributed by atoms with Gasteiger partial charge in [-0.3, -0.25) is 4.79 Å². The molecule has 0 spiro atoms. The summed E-state index contributed by atoms with van der Waals surface area (Å²) in [6.45, 7) is 1.90. The Morgan fingerprint density at radius 1 is 1.35 bits per heavy atom. The summed E-state index contributed by atoms with van der Waals surface area (Å²) in [5, 5.41) is 11.5. The van der Waals surface area contributed by atoms with Gasteiger partial charge < -0.3 is 0 Å². The van der Waals surface area contributed by atoms with Gasteiger partial charge in [-0.1, -0.05) is 37.3 Å². The zero-order valence-corrected chi connectivity index (χ0v) is 9.87. The SMILES string of the molecule is CC(C(=O)Cc1nnn(C)n1)c1ccccc1.